The molecular weight excluding hydrogens is 290 g/mol. The standard InChI is InChI=1S/C19H23NO3/c1-13-8-7-11-17(14(13)2)23-15(3)19(21)20-12-16-9-5-6-10-18(16)22-4/h5-11,15H,12H2,1-4H3,(H,20,21)/t15-/m1/s1. The van der Waals surface area contributed by atoms with Crippen molar-refractivity contribution in [1.29, 1.82) is 0 Å². The smallest absolute Gasteiger partial charge is 0.261 e. The molecule has 2 rings (SSSR count). The molecule has 0 unspecified atom stereocenters. The summed E-state index contributed by atoms with van der Waals surface area (Å²) in [6.45, 7) is 6.17. The predicted octanol–water partition coefficient (Wildman–Crippen LogP) is 3.40. The number of rotatable bonds is 6. The summed E-state index contributed by atoms with van der Waals surface area (Å²) in [7, 11) is 1.62. The average molecular weight is 313 g/mol. The lowest BCUT2D eigenvalue weighted by Gasteiger charge is -2.17. The highest BCUT2D eigenvalue weighted by Gasteiger charge is 2.16. The van der Waals surface area contributed by atoms with Crippen LogP contribution in [-0.2, 0) is 11.3 Å². The van der Waals surface area contributed by atoms with Crippen LogP contribution in [-0.4, -0.2) is 19.1 Å². The maximum Gasteiger partial charge on any atom is 0.261 e. The first-order valence-corrected chi connectivity index (χ1v) is 7.65. The van der Waals surface area contributed by atoms with Crippen LogP contribution in [0.25, 0.3) is 0 Å². The number of ether oxygens (including phenoxy) is 2. The topological polar surface area (TPSA) is 47.6 Å². The molecule has 1 N–H and O–H groups in total. The number of aryl methyl sites for hydroxylation is 1. The highest BCUT2D eigenvalue weighted by molar-refractivity contribution is 5.80. The van der Waals surface area contributed by atoms with Crippen LogP contribution in [0.4, 0.5) is 0 Å². The molecule has 1 amide bonds. The molecule has 0 fully saturated rings. The van der Waals surface area contributed by atoms with Gasteiger partial charge in [-0.3, -0.25) is 4.79 Å². The van der Waals surface area contributed by atoms with Crippen molar-refractivity contribution in [3.63, 3.8) is 0 Å². The predicted molar refractivity (Wildman–Crippen MR) is 90.8 cm³/mol. The third-order valence-corrected chi connectivity index (χ3v) is 3.87. The van der Waals surface area contributed by atoms with E-state index in [1.165, 1.54) is 0 Å². The average Bonchev–Trinajstić information content (AvgIpc) is 2.57. The van der Waals surface area contributed by atoms with Gasteiger partial charge in [0.2, 0.25) is 0 Å². The van der Waals surface area contributed by atoms with E-state index in [1.807, 2.05) is 56.3 Å². The maximum absolute atomic E-state index is 12.2. The normalized spacial score (nSPS) is 11.7. The van der Waals surface area contributed by atoms with Crippen molar-refractivity contribution < 1.29 is 14.3 Å². The zero-order valence-corrected chi connectivity index (χ0v) is 14.1. The van der Waals surface area contributed by atoms with E-state index in [2.05, 4.69) is 5.32 Å². The van der Waals surface area contributed by atoms with E-state index in [9.17, 15) is 4.79 Å². The van der Waals surface area contributed by atoms with E-state index < -0.39 is 6.10 Å². The van der Waals surface area contributed by atoms with E-state index in [-0.39, 0.29) is 5.91 Å². The van der Waals surface area contributed by atoms with Gasteiger partial charge in [0.25, 0.3) is 5.91 Å². The van der Waals surface area contributed by atoms with E-state index in [0.29, 0.717) is 6.54 Å². The monoisotopic (exact) mass is 313 g/mol. The van der Waals surface area contributed by atoms with Gasteiger partial charge in [-0.1, -0.05) is 30.3 Å². The molecule has 0 spiro atoms. The summed E-state index contributed by atoms with van der Waals surface area (Å²) < 4.78 is 11.1. The van der Waals surface area contributed by atoms with Gasteiger partial charge in [-0.25, -0.2) is 0 Å². The number of carbonyl (C=O) groups excluding carboxylic acids is 1. The summed E-state index contributed by atoms with van der Waals surface area (Å²) in [5.74, 6) is 1.35. The minimum Gasteiger partial charge on any atom is -0.496 e. The first kappa shape index (κ1) is 16.9. The van der Waals surface area contributed by atoms with Crippen molar-refractivity contribution >= 4 is 5.91 Å². The van der Waals surface area contributed by atoms with Crippen LogP contribution in [0.15, 0.2) is 42.5 Å². The van der Waals surface area contributed by atoms with Crippen LogP contribution in [0.3, 0.4) is 0 Å². The molecule has 0 aliphatic heterocycles. The quantitative estimate of drug-likeness (QED) is 0.889. The first-order valence-electron chi connectivity index (χ1n) is 7.65. The first-order chi connectivity index (χ1) is 11.0. The molecule has 0 heterocycles. The maximum atomic E-state index is 12.2. The molecular formula is C19H23NO3. The largest absolute Gasteiger partial charge is 0.496 e. The lowest BCUT2D eigenvalue weighted by molar-refractivity contribution is -0.127. The number of para-hydroxylation sites is 1. The summed E-state index contributed by atoms with van der Waals surface area (Å²) in [5.41, 5.74) is 3.13. The van der Waals surface area contributed by atoms with Gasteiger partial charge in [-0.2, -0.15) is 0 Å². The molecule has 4 nitrogen and oxygen atoms in total. The fraction of sp³-hybridized carbons (Fsp3) is 0.316. The number of hydrogen-bond donors (Lipinski definition) is 1. The summed E-state index contributed by atoms with van der Waals surface area (Å²) in [6, 6.07) is 13.4. The number of nitrogens with one attached hydrogen (secondary N) is 1. The van der Waals surface area contributed by atoms with E-state index in [1.54, 1.807) is 14.0 Å². The summed E-state index contributed by atoms with van der Waals surface area (Å²) in [4.78, 5) is 12.2. The Morgan fingerprint density at radius 3 is 2.52 bits per heavy atom. The van der Waals surface area contributed by atoms with Crippen LogP contribution in [0.2, 0.25) is 0 Å². The van der Waals surface area contributed by atoms with Gasteiger partial charge in [-0.15, -0.1) is 0 Å². The molecule has 0 aromatic heterocycles. The van der Waals surface area contributed by atoms with Crippen LogP contribution in [0.1, 0.15) is 23.6 Å². The van der Waals surface area contributed by atoms with Crippen LogP contribution in [0, 0.1) is 13.8 Å². The molecule has 0 aliphatic rings. The molecule has 0 saturated heterocycles. The SMILES string of the molecule is COc1ccccc1CNC(=O)[C@@H](C)Oc1cccc(C)c1C. The molecule has 0 radical (unpaired) electrons. The van der Waals surface area contributed by atoms with Crippen molar-refractivity contribution in [3.8, 4) is 11.5 Å². The van der Waals surface area contributed by atoms with Gasteiger partial charge < -0.3 is 14.8 Å². The second-order valence-electron chi connectivity index (χ2n) is 5.49. The number of amides is 1. The van der Waals surface area contributed by atoms with Gasteiger partial charge in [0, 0.05) is 12.1 Å². The second kappa shape index (κ2) is 7.68. The van der Waals surface area contributed by atoms with Crippen molar-refractivity contribution in [1.82, 2.24) is 5.32 Å². The molecule has 122 valence electrons. The molecule has 2 aromatic rings. The number of hydrogen-bond acceptors (Lipinski definition) is 3. The molecule has 2 aromatic carbocycles. The molecule has 0 bridgehead atoms. The number of methoxy groups -OCH3 is 1. The third-order valence-electron chi connectivity index (χ3n) is 3.87. The Morgan fingerprint density at radius 2 is 1.78 bits per heavy atom. The lowest BCUT2D eigenvalue weighted by atomic mass is 10.1. The number of benzene rings is 2. The van der Waals surface area contributed by atoms with E-state index >= 15 is 0 Å². The summed E-state index contributed by atoms with van der Waals surface area (Å²) >= 11 is 0. The molecule has 23 heavy (non-hydrogen) atoms. The Kier molecular flexibility index (Phi) is 5.63. The zero-order valence-electron chi connectivity index (χ0n) is 14.1. The number of carbonyl (C=O) groups is 1. The lowest BCUT2D eigenvalue weighted by Crippen LogP contribution is -2.36. The Morgan fingerprint density at radius 1 is 1.09 bits per heavy atom. The van der Waals surface area contributed by atoms with Crippen LogP contribution < -0.4 is 14.8 Å². The summed E-state index contributed by atoms with van der Waals surface area (Å²) in [6.07, 6.45) is -0.565. The van der Waals surface area contributed by atoms with Crippen LogP contribution in [0.5, 0.6) is 11.5 Å². The van der Waals surface area contributed by atoms with Crippen molar-refractivity contribution in [2.24, 2.45) is 0 Å². The Hall–Kier alpha value is -2.49. The molecule has 1 atom stereocenters. The molecule has 4 heteroatoms. The second-order valence-corrected chi connectivity index (χ2v) is 5.49. The van der Waals surface area contributed by atoms with Gasteiger partial charge in [-0.05, 0) is 44.0 Å². The van der Waals surface area contributed by atoms with Crippen molar-refractivity contribution in [2.75, 3.05) is 7.11 Å². The minimum atomic E-state index is -0.565. The van der Waals surface area contributed by atoms with Crippen LogP contribution >= 0.6 is 0 Å². The van der Waals surface area contributed by atoms with Gasteiger partial charge in [0.1, 0.15) is 11.5 Å². The third kappa shape index (κ3) is 4.25. The van der Waals surface area contributed by atoms with Gasteiger partial charge in [0.15, 0.2) is 6.10 Å². The summed E-state index contributed by atoms with van der Waals surface area (Å²) in [5, 5.41) is 2.88. The highest BCUT2D eigenvalue weighted by atomic mass is 16.5. The zero-order chi connectivity index (χ0) is 16.8. The van der Waals surface area contributed by atoms with Gasteiger partial charge in [0.05, 0.1) is 7.11 Å². The molecule has 0 saturated carbocycles. The highest BCUT2D eigenvalue weighted by Crippen LogP contribution is 2.22. The van der Waals surface area contributed by atoms with Gasteiger partial charge >= 0.3 is 0 Å². The minimum absolute atomic E-state index is 0.156. The van der Waals surface area contributed by atoms with Crippen molar-refractivity contribution in [3.05, 3.63) is 59.2 Å². The van der Waals surface area contributed by atoms with Crippen molar-refractivity contribution in [2.45, 2.75) is 33.4 Å². The Balaban J connectivity index is 1.96. The fourth-order valence-electron chi connectivity index (χ4n) is 2.27. The molecule has 0 aliphatic carbocycles. The Labute approximate surface area is 137 Å². The van der Waals surface area contributed by atoms with E-state index in [0.717, 1.165) is 28.2 Å². The Bertz CT molecular complexity index is 682. The van der Waals surface area contributed by atoms with E-state index in [4.69, 9.17) is 9.47 Å². The fourth-order valence-corrected chi connectivity index (χ4v) is 2.27.